The molecule has 0 aliphatic carbocycles. The number of anilines is 9. The minimum Gasteiger partial charge on any atom is -0.310 e. The highest BCUT2D eigenvalue weighted by molar-refractivity contribution is 6.15. The molecule has 0 bridgehead atoms. The molecule has 0 unspecified atom stereocenters. The van der Waals surface area contributed by atoms with E-state index < -0.39 is 0 Å². The van der Waals surface area contributed by atoms with Crippen LogP contribution in [0.3, 0.4) is 0 Å². The predicted octanol–water partition coefficient (Wildman–Crippen LogP) is 30.3. The molecule has 0 fully saturated rings. The van der Waals surface area contributed by atoms with Gasteiger partial charge in [0.15, 0.2) is 11.6 Å². The first-order chi connectivity index (χ1) is 66.0. The number of rotatable bonds is 17. The molecule has 0 spiro atoms. The van der Waals surface area contributed by atoms with Crippen LogP contribution in [0.25, 0.3) is 155 Å². The van der Waals surface area contributed by atoms with Crippen molar-refractivity contribution in [3.05, 3.63) is 499 Å². The lowest BCUT2D eigenvalue weighted by Crippen LogP contribution is -2.09. The summed E-state index contributed by atoms with van der Waals surface area (Å²) in [6, 6.07) is 156. The molecule has 0 aliphatic rings. The molecule has 14 heteroatoms. The van der Waals surface area contributed by atoms with Crippen LogP contribution in [0, 0.1) is 0 Å². The molecule has 17 aromatic carbocycles. The molecule has 0 radical (unpaired) electrons. The molecule has 0 N–H and O–H groups in total. The Kier molecular flexibility index (Phi) is 21.0. The monoisotopic (exact) mass is 1710 g/mol. The van der Waals surface area contributed by atoms with E-state index in [2.05, 4.69) is 440 Å². The zero-order chi connectivity index (χ0) is 88.3. The molecule has 0 amide bonds. The Morgan fingerprint density at radius 1 is 0.158 bits per heavy atom. The van der Waals surface area contributed by atoms with Crippen LogP contribution in [0.5, 0.6) is 0 Å². The zero-order valence-electron chi connectivity index (χ0n) is 72.1. The number of hydrogen-bond acceptors (Lipinski definition) is 10. The Hall–Kier alpha value is -18.3. The Morgan fingerprint density at radius 3 is 0.857 bits per heavy atom. The van der Waals surface area contributed by atoms with Gasteiger partial charge in [0.2, 0.25) is 0 Å². The van der Waals surface area contributed by atoms with Gasteiger partial charge in [-0.3, -0.25) is 15.0 Å². The maximum atomic E-state index is 4.70. The highest BCUT2D eigenvalue weighted by Crippen LogP contribution is 2.46. The van der Waals surface area contributed by atoms with Crippen LogP contribution in [0.1, 0.15) is 0 Å². The van der Waals surface area contributed by atoms with Crippen molar-refractivity contribution in [2.45, 2.75) is 0 Å². The normalized spacial score (nSPS) is 11.3. The average molecular weight is 1710 g/mol. The topological polar surface area (TPSA) is 120 Å². The molecule has 25 aromatic rings. The van der Waals surface area contributed by atoms with E-state index in [9.17, 15) is 0 Å². The number of pyridine rings is 1. The maximum Gasteiger partial charge on any atom is 0.159 e. The first-order valence-electron chi connectivity index (χ1n) is 44.4. The summed E-state index contributed by atoms with van der Waals surface area (Å²) in [7, 11) is 0. The van der Waals surface area contributed by atoms with Gasteiger partial charge < -0.3 is 33.0 Å². The standard InChI is InChI=1S/C52H37N5.C34H24N4.C33H21N5/c1-6-16-39(17-7-1)52-53-36-40(37-54-52)38-26-28-45(29-27-38)57-50-32-30-46(55(41-18-8-2-9-19-41)42-20-10-3-11-21-42)34-48(50)49-35-47(31-33-51(49)57)56(43-22-12-4-13-23-43)44-24-14-5-15-25-44;1-4-12-25(13-5-1)34-35-23-29(24-36-34)38-32-19-11-10-18-30(32)31-22-28(20-21-33(31)38)37(26-14-6-2-7-15-26)27-16-8-3-9-17-27;1-3-7-30-25(5-1)26-6-2-4-8-31(26)38(30)24-13-14-32-27(19-24)28-20-34-16-15-33(28)37(32)23-11-9-22(10-12-23)29-21-35-17-18-36-29/h1-37H;1-24H;1-21H. The van der Waals surface area contributed by atoms with Crippen molar-refractivity contribution in [3.8, 4) is 67.9 Å². The quantitative estimate of drug-likeness (QED) is 0.0871. The Morgan fingerprint density at radius 2 is 0.459 bits per heavy atom. The Balaban J connectivity index is 0.000000117. The van der Waals surface area contributed by atoms with E-state index in [1.54, 1.807) is 18.6 Å². The van der Waals surface area contributed by atoms with Gasteiger partial charge in [0.1, 0.15) is 0 Å². The maximum absolute atomic E-state index is 4.70. The summed E-state index contributed by atoms with van der Waals surface area (Å²) in [6.07, 6.45) is 16.7. The van der Waals surface area contributed by atoms with Crippen LogP contribution < -0.4 is 14.7 Å². The van der Waals surface area contributed by atoms with Crippen molar-refractivity contribution >= 4 is 138 Å². The predicted molar refractivity (Wildman–Crippen MR) is 547 cm³/mol. The highest BCUT2D eigenvalue weighted by Gasteiger charge is 2.24. The molecule has 628 valence electrons. The van der Waals surface area contributed by atoms with Crippen molar-refractivity contribution in [2.75, 3.05) is 14.7 Å². The fraction of sp³-hybridized carbons (Fsp3) is 0. The molecular weight excluding hydrogens is 1630 g/mol. The summed E-state index contributed by atoms with van der Waals surface area (Å²) in [5, 5.41) is 9.52. The van der Waals surface area contributed by atoms with E-state index in [0.717, 1.165) is 168 Å². The number of nitrogens with zero attached hydrogens (tertiary/aromatic N) is 14. The van der Waals surface area contributed by atoms with E-state index in [1.807, 2.05) is 97.8 Å². The van der Waals surface area contributed by atoms with Crippen LogP contribution in [-0.4, -0.2) is 53.2 Å². The van der Waals surface area contributed by atoms with Crippen molar-refractivity contribution < 1.29 is 0 Å². The van der Waals surface area contributed by atoms with Gasteiger partial charge in [-0.25, -0.2) is 19.9 Å². The summed E-state index contributed by atoms with van der Waals surface area (Å²) in [6.45, 7) is 0. The van der Waals surface area contributed by atoms with Gasteiger partial charge in [0, 0.05) is 171 Å². The second-order valence-electron chi connectivity index (χ2n) is 32.6. The van der Waals surface area contributed by atoms with Crippen LogP contribution >= 0.6 is 0 Å². The van der Waals surface area contributed by atoms with Crippen molar-refractivity contribution in [1.29, 1.82) is 0 Å². The second-order valence-corrected chi connectivity index (χ2v) is 32.6. The zero-order valence-corrected chi connectivity index (χ0v) is 72.1. The third-order valence-electron chi connectivity index (χ3n) is 24.7. The van der Waals surface area contributed by atoms with E-state index in [4.69, 9.17) is 9.97 Å². The molecule has 25 rings (SSSR count). The first-order valence-corrected chi connectivity index (χ1v) is 44.4. The van der Waals surface area contributed by atoms with Gasteiger partial charge in [-0.1, -0.05) is 249 Å². The first kappa shape index (κ1) is 79.4. The summed E-state index contributed by atoms with van der Waals surface area (Å²) in [4.78, 5) is 38.9. The van der Waals surface area contributed by atoms with Crippen LogP contribution in [-0.2, 0) is 0 Å². The minimum absolute atomic E-state index is 0.719. The van der Waals surface area contributed by atoms with Crippen LogP contribution in [0.4, 0.5) is 51.2 Å². The number of benzene rings is 17. The number of para-hydroxylation sites is 9. The molecule has 133 heavy (non-hydrogen) atoms. The minimum atomic E-state index is 0.719. The molecule has 8 aromatic heterocycles. The van der Waals surface area contributed by atoms with Gasteiger partial charge in [-0.05, 0) is 200 Å². The molecule has 0 saturated carbocycles. The summed E-state index contributed by atoms with van der Waals surface area (Å²) >= 11 is 0. The molecule has 0 atom stereocenters. The average Bonchev–Trinajstić information content (AvgIpc) is 1.59. The van der Waals surface area contributed by atoms with Gasteiger partial charge >= 0.3 is 0 Å². The number of fused-ring (bicyclic) bond motifs is 12. The SMILES string of the molecule is c1ccc(-c2ncc(-c3ccc(-n4c5ccc(N(c6ccccc6)c6ccccc6)cc5c5cc(N(c6ccccc6)c6ccccc6)ccc54)cc3)cn2)cc1.c1ccc(-c2ncc(-n3c4ccccc4c4cc(N(c5ccccc5)c5ccccc5)ccc43)cn2)cc1.c1ccc2c(c1)c1ccccc1n2-c1ccc2c(c1)c1cnccc1n2-c1ccc(-c2cnccn2)cc1. The van der Waals surface area contributed by atoms with E-state index in [1.165, 1.54) is 38.0 Å². The van der Waals surface area contributed by atoms with Crippen molar-refractivity contribution in [3.63, 3.8) is 0 Å². The third kappa shape index (κ3) is 15.2. The molecule has 0 saturated heterocycles. The lowest BCUT2D eigenvalue weighted by molar-refractivity contribution is 1.08. The molecule has 8 heterocycles. The molecular formula is C119H82N14. The van der Waals surface area contributed by atoms with E-state index in [-0.39, 0.29) is 0 Å². The van der Waals surface area contributed by atoms with Gasteiger partial charge in [0.05, 0.1) is 74.1 Å². The van der Waals surface area contributed by atoms with E-state index in [0.29, 0.717) is 0 Å². The van der Waals surface area contributed by atoms with E-state index >= 15 is 0 Å². The van der Waals surface area contributed by atoms with Crippen molar-refractivity contribution in [2.24, 2.45) is 0 Å². The summed E-state index contributed by atoms with van der Waals surface area (Å²) < 4.78 is 9.29. The molecule has 14 nitrogen and oxygen atoms in total. The lowest BCUT2D eigenvalue weighted by atomic mass is 10.1. The second kappa shape index (κ2) is 35.2. The van der Waals surface area contributed by atoms with Gasteiger partial charge in [0.25, 0.3) is 0 Å². The lowest BCUT2D eigenvalue weighted by Gasteiger charge is -2.26. The van der Waals surface area contributed by atoms with Crippen LogP contribution in [0.15, 0.2) is 499 Å². The fourth-order valence-corrected chi connectivity index (χ4v) is 18.6. The molecule has 0 aliphatic heterocycles. The van der Waals surface area contributed by atoms with Gasteiger partial charge in [-0.15, -0.1) is 0 Å². The third-order valence-corrected chi connectivity index (χ3v) is 24.7. The van der Waals surface area contributed by atoms with Crippen LogP contribution in [0.2, 0.25) is 0 Å². The summed E-state index contributed by atoms with van der Waals surface area (Å²) in [5.74, 6) is 1.44. The number of aromatic nitrogens is 11. The largest absolute Gasteiger partial charge is 0.310 e. The van der Waals surface area contributed by atoms with Crippen molar-refractivity contribution in [1.82, 2.24) is 53.2 Å². The Bertz CT molecular complexity index is 8130. The smallest absolute Gasteiger partial charge is 0.159 e. The Labute approximate surface area is 767 Å². The summed E-state index contributed by atoms with van der Waals surface area (Å²) in [5.41, 5.74) is 29.3. The van der Waals surface area contributed by atoms with Gasteiger partial charge in [-0.2, -0.15) is 0 Å². The fourth-order valence-electron chi connectivity index (χ4n) is 18.6. The highest BCUT2D eigenvalue weighted by atomic mass is 15.2. The number of hydrogen-bond donors (Lipinski definition) is 0.